The lowest BCUT2D eigenvalue weighted by molar-refractivity contribution is -0.131. The minimum absolute atomic E-state index is 0.0672. The van der Waals surface area contributed by atoms with E-state index in [2.05, 4.69) is 51.3 Å². The van der Waals surface area contributed by atoms with Gasteiger partial charge in [-0.2, -0.15) is 0 Å². The fraction of sp³-hybridized carbons (Fsp3) is 0.898. The van der Waals surface area contributed by atoms with E-state index in [1.807, 2.05) is 61.1 Å². The monoisotopic (exact) mass is 862 g/mol. The topological polar surface area (TPSA) is 108 Å². The maximum absolute atomic E-state index is 13.6. The number of rotatable bonds is 23. The number of nitrogens with zero attached hydrogens (tertiary/aromatic N) is 1. The number of carboxylic acid groups (broad SMARTS) is 1. The van der Waals surface area contributed by atoms with Crippen LogP contribution in [0.25, 0.3) is 0 Å². The Balaban J connectivity index is 1.19. The van der Waals surface area contributed by atoms with Crippen molar-refractivity contribution in [2.75, 3.05) is 18.8 Å². The molecule has 0 aromatic rings. The highest BCUT2D eigenvalue weighted by atomic mass is 33.1. The number of carbonyl (C=O) groups is 3. The molecule has 3 N–H and O–H groups in total. The molecule has 59 heavy (non-hydrogen) atoms. The molecule has 2 unspecified atom stereocenters. The maximum atomic E-state index is 13.6. The van der Waals surface area contributed by atoms with Gasteiger partial charge in [0.1, 0.15) is 5.60 Å². The molecule has 0 aromatic heterocycles. The highest BCUT2D eigenvalue weighted by Gasteiger charge is 2.59. The lowest BCUT2D eigenvalue weighted by Gasteiger charge is -2.58. The molecule has 0 bridgehead atoms. The number of alkyl carbamates (subject to hydrolysis) is 1. The van der Waals surface area contributed by atoms with E-state index < -0.39 is 11.7 Å². The van der Waals surface area contributed by atoms with Crippen molar-refractivity contribution in [3.05, 3.63) is 11.6 Å². The van der Waals surface area contributed by atoms with Crippen LogP contribution in [0.3, 0.4) is 0 Å². The summed E-state index contributed by atoms with van der Waals surface area (Å²) in [6.07, 6.45) is 23.6. The molecule has 0 aromatic carbocycles. The Morgan fingerprint density at radius 1 is 0.847 bits per heavy atom. The van der Waals surface area contributed by atoms with E-state index >= 15 is 0 Å². The molecule has 0 heterocycles. The van der Waals surface area contributed by atoms with Crippen molar-refractivity contribution >= 4 is 39.7 Å². The molecule has 4 rings (SSSR count). The Labute approximate surface area is 368 Å². The van der Waals surface area contributed by atoms with E-state index in [1.165, 1.54) is 70.6 Å². The second-order valence-corrected chi connectivity index (χ2v) is 24.2. The fourth-order valence-electron chi connectivity index (χ4n) is 12.0. The smallest absolute Gasteiger partial charge is 0.407 e. The molecule has 4 aliphatic carbocycles. The third-order valence-corrected chi connectivity index (χ3v) is 18.2. The van der Waals surface area contributed by atoms with Crippen molar-refractivity contribution in [3.63, 3.8) is 0 Å². The molecule has 0 radical (unpaired) electrons. The number of nitrogens with one attached hydrogen (secondary N) is 2. The van der Waals surface area contributed by atoms with E-state index in [1.54, 1.807) is 5.57 Å². The molecule has 0 aliphatic heterocycles. The van der Waals surface area contributed by atoms with Crippen LogP contribution in [0.15, 0.2) is 11.6 Å². The van der Waals surface area contributed by atoms with Gasteiger partial charge in [-0.15, -0.1) is 0 Å². The van der Waals surface area contributed by atoms with E-state index in [0.29, 0.717) is 42.0 Å². The predicted molar refractivity (Wildman–Crippen MR) is 250 cm³/mol. The van der Waals surface area contributed by atoms with Gasteiger partial charge < -0.3 is 25.4 Å². The average Bonchev–Trinajstić information content (AvgIpc) is 3.50. The number of hydrogen-bond donors (Lipinski definition) is 3. The summed E-state index contributed by atoms with van der Waals surface area (Å²) in [7, 11) is 3.91. The summed E-state index contributed by atoms with van der Waals surface area (Å²) in [5.74, 6) is 6.21. The Morgan fingerprint density at radius 3 is 2.27 bits per heavy atom. The minimum atomic E-state index is -1.02. The molecule has 4 aliphatic rings. The minimum Gasteiger partial charge on any atom is -0.465 e. The summed E-state index contributed by atoms with van der Waals surface area (Å²) in [5, 5.41) is 15.3. The van der Waals surface area contributed by atoms with Crippen LogP contribution in [0.1, 0.15) is 191 Å². The first-order valence-electron chi connectivity index (χ1n) is 24.1. The molecule has 0 spiro atoms. The second kappa shape index (κ2) is 23.2. The first kappa shape index (κ1) is 50.1. The molecule has 340 valence electrons. The Bertz CT molecular complexity index is 1370. The van der Waals surface area contributed by atoms with Gasteiger partial charge in [-0.1, -0.05) is 113 Å². The van der Waals surface area contributed by atoms with Crippen molar-refractivity contribution in [3.8, 4) is 0 Å². The second-order valence-electron chi connectivity index (χ2n) is 21.4. The molecular weight excluding hydrogens is 775 g/mol. The van der Waals surface area contributed by atoms with Gasteiger partial charge in [0, 0.05) is 42.6 Å². The van der Waals surface area contributed by atoms with E-state index in [9.17, 15) is 19.5 Å². The highest BCUT2D eigenvalue weighted by Crippen LogP contribution is 2.67. The van der Waals surface area contributed by atoms with Crippen LogP contribution in [-0.2, 0) is 9.53 Å². The van der Waals surface area contributed by atoms with Gasteiger partial charge in [0.2, 0.25) is 5.91 Å². The average molecular weight is 862 g/mol. The van der Waals surface area contributed by atoms with Crippen LogP contribution in [0.5, 0.6) is 0 Å². The number of carbonyl (C=O) groups excluding carboxylic acids is 2. The number of hydrogen-bond acceptors (Lipinski definition) is 6. The summed E-state index contributed by atoms with van der Waals surface area (Å²) >= 11 is 0. The van der Waals surface area contributed by atoms with Crippen LogP contribution >= 0.6 is 21.6 Å². The molecular formula is C49H87N3O5S2. The van der Waals surface area contributed by atoms with Crippen LogP contribution in [0.4, 0.5) is 9.59 Å². The first-order chi connectivity index (χ1) is 27.8. The summed E-state index contributed by atoms with van der Waals surface area (Å²) in [6.45, 7) is 23.4. The van der Waals surface area contributed by atoms with E-state index in [0.717, 1.165) is 79.8 Å². The number of fused-ring (bicyclic) bond motifs is 5. The van der Waals surface area contributed by atoms with Gasteiger partial charge in [-0.3, -0.25) is 4.79 Å². The number of ether oxygens (including phenoxy) is 1. The normalized spacial score (nSPS) is 29.3. The highest BCUT2D eigenvalue weighted by molar-refractivity contribution is 8.76. The third kappa shape index (κ3) is 15.1. The van der Waals surface area contributed by atoms with Gasteiger partial charge in [0.05, 0.1) is 0 Å². The molecule has 3 amide bonds. The lowest BCUT2D eigenvalue weighted by atomic mass is 9.47. The van der Waals surface area contributed by atoms with Gasteiger partial charge in [-0.25, -0.2) is 9.59 Å². The zero-order valence-electron chi connectivity index (χ0n) is 39.2. The fourth-order valence-corrected chi connectivity index (χ4v) is 14.6. The van der Waals surface area contributed by atoms with Gasteiger partial charge in [0.25, 0.3) is 0 Å². The van der Waals surface area contributed by atoms with Crippen molar-refractivity contribution < 1.29 is 24.2 Å². The quantitative estimate of drug-likeness (QED) is 0.0533. The molecule has 8 nitrogen and oxygen atoms in total. The SMILES string of the molecule is CC(C)CCC[C@@H](C)[C@H]1CC[C@H]2[C@@H]3CC=C4C[C@@H](SSCCC(=O)N(CCCCCCCC(C)NC(=O)OC(C)(C)C)CCC(C)NC(=O)O)CC[C@]4(C)[C@H]3CC[C@]12C. The van der Waals surface area contributed by atoms with Crippen molar-refractivity contribution in [1.82, 2.24) is 15.5 Å². The zero-order chi connectivity index (χ0) is 43.4. The first-order valence-corrected chi connectivity index (χ1v) is 26.4. The largest absolute Gasteiger partial charge is 0.465 e. The summed E-state index contributed by atoms with van der Waals surface area (Å²) in [6, 6.07) is -0.135. The Hall–Kier alpha value is -1.55. The van der Waals surface area contributed by atoms with Crippen LogP contribution < -0.4 is 10.6 Å². The summed E-state index contributed by atoms with van der Waals surface area (Å²) in [5.41, 5.74) is 2.16. The standard InChI is InChI=1S/C49H87N3O5S2/c1-34(2)17-16-18-35(3)41-22-23-42-40-21-20-38-33-39(24-28-48(38,9)43(40)25-29-49(41,42)10)59-58-32-27-44(53)52(31-26-37(5)50-45(54)55)30-15-13-11-12-14-19-36(4)51-46(56)57-47(6,7)8/h20,34-37,39-43,50H,11-19,21-33H2,1-10H3,(H,51,56)(H,54,55)/t35-,36?,37?,39+,40+,41-,42+,43+,48+,49-/m1/s1. The molecule has 10 atom stereocenters. The molecule has 10 heteroatoms. The molecule has 0 saturated heterocycles. The van der Waals surface area contributed by atoms with Gasteiger partial charge >= 0.3 is 12.2 Å². The van der Waals surface area contributed by atoms with Crippen molar-refractivity contribution in [2.24, 2.45) is 46.3 Å². The number of unbranched alkanes of at least 4 members (excludes halogenated alkanes) is 4. The van der Waals surface area contributed by atoms with Crippen LogP contribution in [-0.4, -0.2) is 69.9 Å². The molecule has 3 fully saturated rings. The number of amides is 3. The Morgan fingerprint density at radius 2 is 1.56 bits per heavy atom. The third-order valence-electron chi connectivity index (χ3n) is 15.2. The van der Waals surface area contributed by atoms with Crippen molar-refractivity contribution in [2.45, 2.75) is 214 Å². The van der Waals surface area contributed by atoms with Crippen LogP contribution in [0, 0.1) is 46.3 Å². The van der Waals surface area contributed by atoms with Gasteiger partial charge in [0.15, 0.2) is 0 Å². The maximum Gasteiger partial charge on any atom is 0.407 e. The Kier molecular flexibility index (Phi) is 19.7. The lowest BCUT2D eigenvalue weighted by Crippen LogP contribution is -2.50. The summed E-state index contributed by atoms with van der Waals surface area (Å²) < 4.78 is 5.37. The van der Waals surface area contributed by atoms with Gasteiger partial charge in [-0.05, 0) is 152 Å². The van der Waals surface area contributed by atoms with E-state index in [4.69, 9.17) is 4.74 Å². The summed E-state index contributed by atoms with van der Waals surface area (Å²) in [4.78, 5) is 38.8. The molecule has 3 saturated carbocycles. The number of allylic oxidation sites excluding steroid dienone is 2. The predicted octanol–water partition coefficient (Wildman–Crippen LogP) is 13.3. The van der Waals surface area contributed by atoms with Crippen LogP contribution in [0.2, 0.25) is 0 Å². The van der Waals surface area contributed by atoms with Crippen molar-refractivity contribution in [1.29, 1.82) is 0 Å². The van der Waals surface area contributed by atoms with E-state index in [-0.39, 0.29) is 24.1 Å². The zero-order valence-corrected chi connectivity index (χ0v) is 40.8.